The molecule has 4 heteroatoms. The molecule has 1 amide bonds. The van der Waals surface area contributed by atoms with Gasteiger partial charge >= 0.3 is 6.09 Å². The van der Waals surface area contributed by atoms with Crippen LogP contribution in [0.2, 0.25) is 0 Å². The lowest BCUT2D eigenvalue weighted by Crippen LogP contribution is -2.57. The standard InChI is InChI=1S/C23H39NO3/c1-5-6-12-20-21-16(2)13-17(3)23(14-26-20,18(21)4)15-27-22(25)24-19-10-8-7-9-11-19/h13,17-21H,5-12,14-15H2,1-4H3,(H,24,25)/t17-,18-,20-,21+,23-/m1/s1. The van der Waals surface area contributed by atoms with Crippen LogP contribution in [0.1, 0.15) is 79.1 Å². The van der Waals surface area contributed by atoms with Gasteiger partial charge in [-0.05, 0) is 38.0 Å². The Hall–Kier alpha value is -1.03. The van der Waals surface area contributed by atoms with Crippen molar-refractivity contribution in [2.24, 2.45) is 23.2 Å². The van der Waals surface area contributed by atoms with Gasteiger partial charge < -0.3 is 14.8 Å². The molecule has 1 saturated heterocycles. The maximum atomic E-state index is 12.4. The Labute approximate surface area is 165 Å². The average molecular weight is 378 g/mol. The zero-order valence-electron chi connectivity index (χ0n) is 17.8. The molecule has 0 radical (unpaired) electrons. The number of allylic oxidation sites excluding steroid dienone is 1. The first-order valence-electron chi connectivity index (χ1n) is 11.2. The summed E-state index contributed by atoms with van der Waals surface area (Å²) in [7, 11) is 0. The van der Waals surface area contributed by atoms with Gasteiger partial charge in [0.2, 0.25) is 0 Å². The quantitative estimate of drug-likeness (QED) is 0.624. The third-order valence-electron chi connectivity index (χ3n) is 7.60. The summed E-state index contributed by atoms with van der Waals surface area (Å²) in [6.07, 6.45) is 11.9. The van der Waals surface area contributed by atoms with E-state index in [0.29, 0.717) is 43.1 Å². The van der Waals surface area contributed by atoms with Crippen molar-refractivity contribution in [3.63, 3.8) is 0 Å². The number of amides is 1. The second-order valence-corrected chi connectivity index (χ2v) is 9.29. The van der Waals surface area contributed by atoms with Crippen molar-refractivity contribution in [3.8, 4) is 0 Å². The molecule has 1 N–H and O–H groups in total. The second-order valence-electron chi connectivity index (χ2n) is 9.29. The summed E-state index contributed by atoms with van der Waals surface area (Å²) in [6, 6.07) is 0.292. The first kappa shape index (κ1) is 20.7. The van der Waals surface area contributed by atoms with Gasteiger partial charge in [0, 0.05) is 17.4 Å². The lowest BCUT2D eigenvalue weighted by atomic mass is 9.56. The van der Waals surface area contributed by atoms with E-state index in [1.807, 2.05) is 0 Å². The minimum absolute atomic E-state index is 0.100. The van der Waals surface area contributed by atoms with E-state index < -0.39 is 0 Å². The van der Waals surface area contributed by atoms with Crippen molar-refractivity contribution in [3.05, 3.63) is 11.6 Å². The third kappa shape index (κ3) is 4.36. The van der Waals surface area contributed by atoms with Crippen LogP contribution in [0, 0.1) is 23.2 Å². The molecule has 0 spiro atoms. The summed E-state index contributed by atoms with van der Waals surface area (Å²) in [5.74, 6) is 1.28. The van der Waals surface area contributed by atoms with E-state index >= 15 is 0 Å². The lowest BCUT2D eigenvalue weighted by molar-refractivity contribution is -0.165. The van der Waals surface area contributed by atoms with Crippen molar-refractivity contribution >= 4 is 6.09 Å². The lowest BCUT2D eigenvalue weighted by Gasteiger charge is -2.55. The minimum atomic E-state index is -0.244. The van der Waals surface area contributed by atoms with E-state index in [0.717, 1.165) is 19.3 Å². The molecule has 0 aromatic heterocycles. The van der Waals surface area contributed by atoms with Crippen LogP contribution in [-0.2, 0) is 9.47 Å². The van der Waals surface area contributed by atoms with Gasteiger partial charge in [-0.3, -0.25) is 0 Å². The maximum Gasteiger partial charge on any atom is 0.407 e. The van der Waals surface area contributed by atoms with Crippen LogP contribution >= 0.6 is 0 Å². The minimum Gasteiger partial charge on any atom is -0.449 e. The molecule has 2 fully saturated rings. The SMILES string of the molecule is CCCC[C@H]1OC[C@@]2(COC(=O)NC3CCCCC3)[C@H](C)C=C(C)[C@H]1[C@H]2C. The summed E-state index contributed by atoms with van der Waals surface area (Å²) < 4.78 is 12.2. The van der Waals surface area contributed by atoms with E-state index in [1.165, 1.54) is 37.7 Å². The molecule has 4 nitrogen and oxygen atoms in total. The summed E-state index contributed by atoms with van der Waals surface area (Å²) in [5.41, 5.74) is 1.36. The predicted molar refractivity (Wildman–Crippen MR) is 109 cm³/mol. The topological polar surface area (TPSA) is 47.6 Å². The monoisotopic (exact) mass is 377 g/mol. The van der Waals surface area contributed by atoms with E-state index in [-0.39, 0.29) is 11.5 Å². The van der Waals surface area contributed by atoms with Gasteiger partial charge in [0.15, 0.2) is 0 Å². The van der Waals surface area contributed by atoms with Gasteiger partial charge in [-0.2, -0.15) is 0 Å². The summed E-state index contributed by atoms with van der Waals surface area (Å²) in [6.45, 7) is 10.2. The fraction of sp³-hybridized carbons (Fsp3) is 0.870. The Morgan fingerprint density at radius 3 is 2.74 bits per heavy atom. The highest BCUT2D eigenvalue weighted by atomic mass is 16.6. The zero-order valence-corrected chi connectivity index (χ0v) is 17.8. The third-order valence-corrected chi connectivity index (χ3v) is 7.60. The van der Waals surface area contributed by atoms with Crippen LogP contribution in [0.15, 0.2) is 11.6 Å². The van der Waals surface area contributed by atoms with Crippen LogP contribution in [0.5, 0.6) is 0 Å². The molecule has 0 aromatic carbocycles. The normalized spacial score (nSPS) is 36.8. The molecule has 2 aliphatic carbocycles. The molecule has 1 aliphatic heterocycles. The van der Waals surface area contributed by atoms with Gasteiger partial charge in [-0.1, -0.05) is 64.5 Å². The van der Waals surface area contributed by atoms with Crippen molar-refractivity contribution in [1.29, 1.82) is 0 Å². The fourth-order valence-corrected chi connectivity index (χ4v) is 5.71. The molecule has 0 aromatic rings. The molecule has 1 saturated carbocycles. The van der Waals surface area contributed by atoms with Crippen molar-refractivity contribution in [1.82, 2.24) is 5.32 Å². The Morgan fingerprint density at radius 1 is 1.30 bits per heavy atom. The number of ether oxygens (including phenoxy) is 2. The Morgan fingerprint density at radius 2 is 2.04 bits per heavy atom. The van der Waals surface area contributed by atoms with Crippen molar-refractivity contribution in [2.75, 3.05) is 13.2 Å². The van der Waals surface area contributed by atoms with Gasteiger partial charge in [0.05, 0.1) is 12.7 Å². The number of alkyl carbamates (subject to hydrolysis) is 1. The van der Waals surface area contributed by atoms with Crippen LogP contribution in [-0.4, -0.2) is 31.5 Å². The number of unbranched alkanes of at least 4 members (excludes halogenated alkanes) is 1. The number of hydrogen-bond donors (Lipinski definition) is 1. The van der Waals surface area contributed by atoms with Crippen molar-refractivity contribution in [2.45, 2.75) is 91.2 Å². The molecule has 2 bridgehead atoms. The van der Waals surface area contributed by atoms with E-state index in [1.54, 1.807) is 0 Å². The summed E-state index contributed by atoms with van der Waals surface area (Å²) >= 11 is 0. The van der Waals surface area contributed by atoms with Gasteiger partial charge in [0.1, 0.15) is 6.61 Å². The predicted octanol–water partition coefficient (Wildman–Crippen LogP) is 5.47. The van der Waals surface area contributed by atoms with Crippen LogP contribution in [0.4, 0.5) is 4.79 Å². The second kappa shape index (κ2) is 8.98. The molecule has 1 heterocycles. The Bertz CT molecular complexity index is 540. The summed E-state index contributed by atoms with van der Waals surface area (Å²) in [4.78, 5) is 12.4. The van der Waals surface area contributed by atoms with Crippen LogP contribution in [0.3, 0.4) is 0 Å². The van der Waals surface area contributed by atoms with E-state index in [2.05, 4.69) is 39.1 Å². The number of fused-ring (bicyclic) bond motifs is 2. The number of nitrogens with one attached hydrogen (secondary N) is 1. The highest BCUT2D eigenvalue weighted by molar-refractivity contribution is 5.67. The van der Waals surface area contributed by atoms with Gasteiger partial charge in [-0.15, -0.1) is 0 Å². The van der Waals surface area contributed by atoms with Crippen LogP contribution < -0.4 is 5.32 Å². The van der Waals surface area contributed by atoms with Crippen LogP contribution in [0.25, 0.3) is 0 Å². The van der Waals surface area contributed by atoms with Gasteiger partial charge in [0.25, 0.3) is 0 Å². The summed E-state index contributed by atoms with van der Waals surface area (Å²) in [5, 5.41) is 3.09. The van der Waals surface area contributed by atoms with Gasteiger partial charge in [-0.25, -0.2) is 4.79 Å². The molecule has 3 aliphatic rings. The molecule has 3 rings (SSSR count). The average Bonchev–Trinajstić information content (AvgIpc) is 2.65. The largest absolute Gasteiger partial charge is 0.449 e. The molecule has 27 heavy (non-hydrogen) atoms. The molecule has 0 unspecified atom stereocenters. The fourth-order valence-electron chi connectivity index (χ4n) is 5.71. The van der Waals surface area contributed by atoms with E-state index in [9.17, 15) is 4.79 Å². The number of carbonyl (C=O) groups is 1. The maximum absolute atomic E-state index is 12.4. The number of carbonyl (C=O) groups excluding carboxylic acids is 1. The first-order chi connectivity index (χ1) is 13.0. The molecular formula is C23H39NO3. The molecular weight excluding hydrogens is 338 g/mol. The number of hydrogen-bond acceptors (Lipinski definition) is 3. The number of rotatable bonds is 6. The van der Waals surface area contributed by atoms with E-state index in [4.69, 9.17) is 9.47 Å². The highest BCUT2D eigenvalue weighted by Crippen LogP contribution is 2.53. The Balaban J connectivity index is 1.64. The van der Waals surface area contributed by atoms with Crippen molar-refractivity contribution < 1.29 is 14.3 Å². The zero-order chi connectivity index (χ0) is 19.4. The first-order valence-corrected chi connectivity index (χ1v) is 11.2. The smallest absolute Gasteiger partial charge is 0.407 e. The molecule has 5 atom stereocenters. The Kier molecular flexibility index (Phi) is 6.88. The molecule has 154 valence electrons. The highest BCUT2D eigenvalue weighted by Gasteiger charge is 2.53.